The molecule has 1 rings (SSSR count). The zero-order valence-corrected chi connectivity index (χ0v) is 6.50. The van der Waals surface area contributed by atoms with Crippen molar-refractivity contribution in [1.82, 2.24) is 0 Å². The second kappa shape index (κ2) is 2.33. The average molecular weight is 137 g/mol. The lowest BCUT2D eigenvalue weighted by Crippen LogP contribution is -2.18. The average Bonchev–Trinajstić information content (AvgIpc) is 1.90. The third kappa shape index (κ3) is 1.76. The molecule has 0 unspecified atom stereocenters. The highest BCUT2D eigenvalue weighted by Crippen LogP contribution is 2.07. The first-order valence-electron chi connectivity index (χ1n) is 3.23. The monoisotopic (exact) mass is 137 g/mol. The minimum Gasteiger partial charge on any atom is -0.259 e. The lowest BCUT2D eigenvalue weighted by molar-refractivity contribution is 0.718. The van der Waals surface area contributed by atoms with Crippen molar-refractivity contribution in [1.29, 1.82) is 0 Å². The van der Waals surface area contributed by atoms with Crippen LogP contribution in [0.25, 0.3) is 0 Å². The molecule has 0 spiro atoms. The van der Waals surface area contributed by atoms with Gasteiger partial charge >= 0.3 is 0 Å². The van der Waals surface area contributed by atoms with Crippen LogP contribution in [0.3, 0.4) is 0 Å². The van der Waals surface area contributed by atoms with E-state index < -0.39 is 0 Å². The van der Waals surface area contributed by atoms with Gasteiger partial charge in [-0.3, -0.25) is 4.99 Å². The highest BCUT2D eigenvalue weighted by molar-refractivity contribution is 5.94. The van der Waals surface area contributed by atoms with Gasteiger partial charge in [-0.25, -0.2) is 9.98 Å². The zero-order chi connectivity index (χ0) is 7.61. The standard InChI is InChI=1S/C7H11N3/c1-6-9-5-8-4-7(2,3)10-6/h4-5H,1-3H3. The molecule has 1 aliphatic rings. The Morgan fingerprint density at radius 1 is 1.40 bits per heavy atom. The van der Waals surface area contributed by atoms with E-state index in [-0.39, 0.29) is 5.54 Å². The molecule has 0 radical (unpaired) electrons. The fourth-order valence-corrected chi connectivity index (χ4v) is 0.807. The van der Waals surface area contributed by atoms with Gasteiger partial charge in [0, 0.05) is 6.21 Å². The molecule has 0 bridgehead atoms. The van der Waals surface area contributed by atoms with Gasteiger partial charge in [0.1, 0.15) is 12.2 Å². The molecule has 0 saturated heterocycles. The molecular formula is C7H11N3. The summed E-state index contributed by atoms with van der Waals surface area (Å²) >= 11 is 0. The van der Waals surface area contributed by atoms with Crippen molar-refractivity contribution in [2.75, 3.05) is 0 Å². The topological polar surface area (TPSA) is 37.1 Å². The summed E-state index contributed by atoms with van der Waals surface area (Å²) in [6, 6.07) is 0. The third-order valence-electron chi connectivity index (χ3n) is 1.15. The van der Waals surface area contributed by atoms with E-state index in [2.05, 4.69) is 15.0 Å². The van der Waals surface area contributed by atoms with E-state index in [0.29, 0.717) is 0 Å². The van der Waals surface area contributed by atoms with Crippen molar-refractivity contribution in [3.05, 3.63) is 0 Å². The van der Waals surface area contributed by atoms with Crippen LogP contribution in [-0.4, -0.2) is 23.9 Å². The first-order valence-corrected chi connectivity index (χ1v) is 3.23. The van der Waals surface area contributed by atoms with Gasteiger partial charge in [0.25, 0.3) is 0 Å². The van der Waals surface area contributed by atoms with Gasteiger partial charge in [-0.2, -0.15) is 0 Å². The van der Waals surface area contributed by atoms with E-state index in [1.807, 2.05) is 20.8 Å². The SMILES string of the molecule is CC1=NC(C)(C)C=NC=N1. The van der Waals surface area contributed by atoms with Crippen LogP contribution in [0.1, 0.15) is 20.8 Å². The zero-order valence-electron chi connectivity index (χ0n) is 6.50. The van der Waals surface area contributed by atoms with Crippen molar-refractivity contribution < 1.29 is 0 Å². The Kier molecular flexibility index (Phi) is 1.66. The molecule has 0 atom stereocenters. The summed E-state index contributed by atoms with van der Waals surface area (Å²) in [5.41, 5.74) is -0.194. The summed E-state index contributed by atoms with van der Waals surface area (Å²) in [5.74, 6) is 0.780. The van der Waals surface area contributed by atoms with Crippen molar-refractivity contribution in [3.63, 3.8) is 0 Å². The number of hydrogen-bond acceptors (Lipinski definition) is 3. The summed E-state index contributed by atoms with van der Waals surface area (Å²) in [6.07, 6.45) is 3.31. The van der Waals surface area contributed by atoms with Crippen LogP contribution in [0.15, 0.2) is 15.0 Å². The minimum absolute atomic E-state index is 0.194. The number of rotatable bonds is 0. The van der Waals surface area contributed by atoms with Crippen LogP contribution in [0.2, 0.25) is 0 Å². The largest absolute Gasteiger partial charge is 0.259 e. The molecule has 0 amide bonds. The molecule has 10 heavy (non-hydrogen) atoms. The number of nitrogens with zero attached hydrogens (tertiary/aromatic N) is 3. The molecule has 3 nitrogen and oxygen atoms in total. The molecule has 0 aromatic rings. The van der Waals surface area contributed by atoms with E-state index >= 15 is 0 Å². The van der Waals surface area contributed by atoms with Crippen molar-refractivity contribution in [2.45, 2.75) is 26.3 Å². The molecule has 0 fully saturated rings. The minimum atomic E-state index is -0.194. The van der Waals surface area contributed by atoms with Crippen molar-refractivity contribution in [3.8, 4) is 0 Å². The van der Waals surface area contributed by atoms with E-state index in [1.165, 1.54) is 6.34 Å². The van der Waals surface area contributed by atoms with Gasteiger partial charge < -0.3 is 0 Å². The second-order valence-electron chi connectivity index (χ2n) is 2.84. The van der Waals surface area contributed by atoms with Crippen molar-refractivity contribution >= 4 is 18.4 Å². The fraction of sp³-hybridized carbons (Fsp3) is 0.571. The Morgan fingerprint density at radius 2 is 2.10 bits per heavy atom. The molecule has 0 saturated carbocycles. The lowest BCUT2D eigenvalue weighted by Gasteiger charge is -2.10. The summed E-state index contributed by atoms with van der Waals surface area (Å²) in [7, 11) is 0. The van der Waals surface area contributed by atoms with Gasteiger partial charge in [0.15, 0.2) is 0 Å². The van der Waals surface area contributed by atoms with Gasteiger partial charge in [-0.05, 0) is 20.8 Å². The summed E-state index contributed by atoms with van der Waals surface area (Å²) in [4.78, 5) is 12.2. The highest BCUT2D eigenvalue weighted by Gasteiger charge is 2.13. The first-order chi connectivity index (χ1) is 4.60. The number of aliphatic imine (C=N–C) groups is 3. The van der Waals surface area contributed by atoms with Gasteiger partial charge in [0.05, 0.1) is 5.54 Å². The maximum Gasteiger partial charge on any atom is 0.122 e. The maximum absolute atomic E-state index is 4.28. The van der Waals surface area contributed by atoms with E-state index in [0.717, 1.165) is 5.84 Å². The van der Waals surface area contributed by atoms with Crippen LogP contribution in [-0.2, 0) is 0 Å². The Labute approximate surface area is 60.6 Å². The lowest BCUT2D eigenvalue weighted by atomic mass is 10.1. The molecule has 1 heterocycles. The smallest absolute Gasteiger partial charge is 0.122 e. The Morgan fingerprint density at radius 3 is 2.80 bits per heavy atom. The van der Waals surface area contributed by atoms with E-state index in [4.69, 9.17) is 0 Å². The molecule has 54 valence electrons. The van der Waals surface area contributed by atoms with Gasteiger partial charge in [-0.1, -0.05) is 0 Å². The molecule has 0 aliphatic carbocycles. The summed E-state index contributed by atoms with van der Waals surface area (Å²) < 4.78 is 0. The number of amidine groups is 1. The van der Waals surface area contributed by atoms with Crippen LogP contribution in [0.4, 0.5) is 0 Å². The molecule has 0 aromatic heterocycles. The molecule has 3 heteroatoms. The maximum atomic E-state index is 4.28. The highest BCUT2D eigenvalue weighted by atomic mass is 15.0. The second-order valence-corrected chi connectivity index (χ2v) is 2.84. The predicted molar refractivity (Wildman–Crippen MR) is 44.2 cm³/mol. The molecule has 0 N–H and O–H groups in total. The van der Waals surface area contributed by atoms with Crippen LogP contribution in [0.5, 0.6) is 0 Å². The Hall–Kier alpha value is -0.990. The van der Waals surface area contributed by atoms with Crippen LogP contribution in [0, 0.1) is 0 Å². The quantitative estimate of drug-likeness (QED) is 0.482. The first kappa shape index (κ1) is 7.12. The Balaban J connectivity index is 2.93. The van der Waals surface area contributed by atoms with E-state index in [1.54, 1.807) is 6.21 Å². The summed E-state index contributed by atoms with van der Waals surface area (Å²) in [6.45, 7) is 5.86. The number of hydrogen-bond donors (Lipinski definition) is 0. The third-order valence-corrected chi connectivity index (χ3v) is 1.15. The van der Waals surface area contributed by atoms with Crippen LogP contribution >= 0.6 is 0 Å². The van der Waals surface area contributed by atoms with Gasteiger partial charge in [0.2, 0.25) is 0 Å². The van der Waals surface area contributed by atoms with Crippen LogP contribution < -0.4 is 0 Å². The van der Waals surface area contributed by atoms with Gasteiger partial charge in [-0.15, -0.1) is 0 Å². The fourth-order valence-electron chi connectivity index (χ4n) is 0.807. The normalized spacial score (nSPS) is 22.1. The summed E-state index contributed by atoms with van der Waals surface area (Å²) in [5, 5.41) is 0. The Bertz CT molecular complexity index is 211. The molecule has 0 aromatic carbocycles. The molecular weight excluding hydrogens is 126 g/mol. The van der Waals surface area contributed by atoms with Crippen molar-refractivity contribution in [2.24, 2.45) is 15.0 Å². The molecule has 1 aliphatic heterocycles. The predicted octanol–water partition coefficient (Wildman–Crippen LogP) is 1.30. The van der Waals surface area contributed by atoms with E-state index in [9.17, 15) is 0 Å².